The SMILES string of the molecule is CCNC(=NCCCc1ccc(OC)c(OCC)c1)NCCC(O)c1ccccc1. The zero-order valence-electron chi connectivity index (χ0n) is 18.4. The number of aliphatic hydroxyl groups is 1. The number of aliphatic hydroxyl groups excluding tert-OH is 1. The topological polar surface area (TPSA) is 75.1 Å². The van der Waals surface area contributed by atoms with Gasteiger partial charge in [0.1, 0.15) is 0 Å². The predicted octanol–water partition coefficient (Wildman–Crippen LogP) is 3.71. The van der Waals surface area contributed by atoms with Crippen molar-refractivity contribution in [2.75, 3.05) is 33.4 Å². The fraction of sp³-hybridized carbons (Fsp3) is 0.458. The van der Waals surface area contributed by atoms with Gasteiger partial charge in [-0.05, 0) is 56.4 Å². The van der Waals surface area contributed by atoms with E-state index in [0.29, 0.717) is 26.1 Å². The second-order valence-corrected chi connectivity index (χ2v) is 6.92. The van der Waals surface area contributed by atoms with E-state index in [9.17, 15) is 5.11 Å². The van der Waals surface area contributed by atoms with Gasteiger partial charge in [-0.15, -0.1) is 0 Å². The molecule has 6 heteroatoms. The second kappa shape index (κ2) is 13.5. The first-order valence-corrected chi connectivity index (χ1v) is 10.7. The molecule has 0 aliphatic heterocycles. The van der Waals surface area contributed by atoms with E-state index < -0.39 is 6.10 Å². The number of methoxy groups -OCH3 is 1. The summed E-state index contributed by atoms with van der Waals surface area (Å²) in [6.07, 6.45) is 2.00. The van der Waals surface area contributed by atoms with Crippen molar-refractivity contribution in [3.05, 3.63) is 59.7 Å². The molecule has 0 aliphatic rings. The highest BCUT2D eigenvalue weighted by molar-refractivity contribution is 5.79. The molecule has 164 valence electrons. The number of guanidine groups is 1. The minimum Gasteiger partial charge on any atom is -0.493 e. The summed E-state index contributed by atoms with van der Waals surface area (Å²) < 4.78 is 11.0. The van der Waals surface area contributed by atoms with Gasteiger partial charge in [-0.3, -0.25) is 4.99 Å². The van der Waals surface area contributed by atoms with Crippen molar-refractivity contribution in [1.82, 2.24) is 10.6 Å². The molecule has 0 amide bonds. The molecule has 30 heavy (non-hydrogen) atoms. The average Bonchev–Trinajstić information content (AvgIpc) is 2.77. The lowest BCUT2D eigenvalue weighted by Gasteiger charge is -2.14. The van der Waals surface area contributed by atoms with Crippen LogP contribution in [0.15, 0.2) is 53.5 Å². The molecule has 0 saturated carbocycles. The lowest BCUT2D eigenvalue weighted by atomic mass is 10.1. The quantitative estimate of drug-likeness (QED) is 0.281. The molecule has 0 radical (unpaired) electrons. The molecule has 2 aromatic carbocycles. The molecule has 0 heterocycles. The maximum atomic E-state index is 10.3. The van der Waals surface area contributed by atoms with Gasteiger partial charge in [0.15, 0.2) is 17.5 Å². The zero-order valence-corrected chi connectivity index (χ0v) is 18.4. The summed E-state index contributed by atoms with van der Waals surface area (Å²) in [6.45, 7) is 6.78. The number of hydrogen-bond donors (Lipinski definition) is 3. The monoisotopic (exact) mass is 413 g/mol. The van der Waals surface area contributed by atoms with Crippen LogP contribution in [0.4, 0.5) is 0 Å². The molecular formula is C24H35N3O3. The van der Waals surface area contributed by atoms with E-state index in [4.69, 9.17) is 9.47 Å². The van der Waals surface area contributed by atoms with Gasteiger partial charge in [-0.2, -0.15) is 0 Å². The Hall–Kier alpha value is -2.73. The van der Waals surface area contributed by atoms with Crippen LogP contribution >= 0.6 is 0 Å². The fourth-order valence-corrected chi connectivity index (χ4v) is 3.13. The van der Waals surface area contributed by atoms with Crippen molar-refractivity contribution >= 4 is 5.96 Å². The largest absolute Gasteiger partial charge is 0.493 e. The maximum Gasteiger partial charge on any atom is 0.191 e. The number of aryl methyl sites for hydroxylation is 1. The summed E-state index contributed by atoms with van der Waals surface area (Å²) >= 11 is 0. The average molecular weight is 414 g/mol. The number of benzene rings is 2. The van der Waals surface area contributed by atoms with E-state index >= 15 is 0 Å². The van der Waals surface area contributed by atoms with Crippen molar-refractivity contribution in [2.45, 2.75) is 39.2 Å². The zero-order chi connectivity index (χ0) is 21.6. The smallest absolute Gasteiger partial charge is 0.191 e. The third-order valence-electron chi connectivity index (χ3n) is 4.66. The highest BCUT2D eigenvalue weighted by Gasteiger charge is 2.07. The Kier molecular flexibility index (Phi) is 10.6. The van der Waals surface area contributed by atoms with Gasteiger partial charge in [-0.25, -0.2) is 0 Å². The third-order valence-corrected chi connectivity index (χ3v) is 4.66. The summed E-state index contributed by atoms with van der Waals surface area (Å²) in [4.78, 5) is 4.65. The molecule has 0 saturated heterocycles. The molecule has 6 nitrogen and oxygen atoms in total. The summed E-state index contributed by atoms with van der Waals surface area (Å²) in [5.41, 5.74) is 2.14. The molecule has 0 fully saturated rings. The highest BCUT2D eigenvalue weighted by Crippen LogP contribution is 2.28. The van der Waals surface area contributed by atoms with Gasteiger partial charge in [-0.1, -0.05) is 36.4 Å². The lowest BCUT2D eigenvalue weighted by Crippen LogP contribution is -2.38. The molecule has 2 rings (SSSR count). The van der Waals surface area contributed by atoms with Crippen molar-refractivity contribution in [3.63, 3.8) is 0 Å². The van der Waals surface area contributed by atoms with E-state index in [-0.39, 0.29) is 0 Å². The first kappa shape index (κ1) is 23.5. The Morgan fingerprint density at radius 1 is 1.07 bits per heavy atom. The Morgan fingerprint density at radius 2 is 1.87 bits per heavy atom. The van der Waals surface area contributed by atoms with E-state index in [1.165, 1.54) is 5.56 Å². The molecule has 2 aromatic rings. The van der Waals surface area contributed by atoms with Crippen LogP contribution in [0.2, 0.25) is 0 Å². The number of nitrogens with one attached hydrogen (secondary N) is 2. The van der Waals surface area contributed by atoms with E-state index in [1.807, 2.05) is 56.3 Å². The van der Waals surface area contributed by atoms with Crippen molar-refractivity contribution in [1.29, 1.82) is 0 Å². The van der Waals surface area contributed by atoms with Crippen LogP contribution in [0, 0.1) is 0 Å². The van der Waals surface area contributed by atoms with Crippen molar-refractivity contribution < 1.29 is 14.6 Å². The van der Waals surface area contributed by atoms with Crippen molar-refractivity contribution in [2.24, 2.45) is 4.99 Å². The first-order chi connectivity index (χ1) is 14.7. The Morgan fingerprint density at radius 3 is 2.57 bits per heavy atom. The number of hydrogen-bond acceptors (Lipinski definition) is 4. The predicted molar refractivity (Wildman–Crippen MR) is 122 cm³/mol. The van der Waals surface area contributed by atoms with Crippen molar-refractivity contribution in [3.8, 4) is 11.5 Å². The Labute approximate surface area is 180 Å². The van der Waals surface area contributed by atoms with Crippen LogP contribution in [-0.4, -0.2) is 44.4 Å². The molecular weight excluding hydrogens is 378 g/mol. The van der Waals surface area contributed by atoms with Gasteiger partial charge in [0.05, 0.1) is 19.8 Å². The highest BCUT2D eigenvalue weighted by atomic mass is 16.5. The van der Waals surface area contributed by atoms with Crippen LogP contribution in [0.25, 0.3) is 0 Å². The normalized spacial score (nSPS) is 12.3. The van der Waals surface area contributed by atoms with Crippen LogP contribution in [-0.2, 0) is 6.42 Å². The molecule has 1 atom stereocenters. The third kappa shape index (κ3) is 7.95. The second-order valence-electron chi connectivity index (χ2n) is 6.92. The van der Waals surface area contributed by atoms with E-state index in [2.05, 4.69) is 21.7 Å². The van der Waals surface area contributed by atoms with Crippen LogP contribution in [0.1, 0.15) is 43.9 Å². The van der Waals surface area contributed by atoms with E-state index in [1.54, 1.807) is 7.11 Å². The van der Waals surface area contributed by atoms with Gasteiger partial charge in [0, 0.05) is 19.6 Å². The molecule has 0 aliphatic carbocycles. The van der Waals surface area contributed by atoms with Gasteiger partial charge < -0.3 is 25.2 Å². The maximum absolute atomic E-state index is 10.3. The molecule has 0 aromatic heterocycles. The minimum atomic E-state index is -0.476. The molecule has 1 unspecified atom stereocenters. The van der Waals surface area contributed by atoms with Crippen LogP contribution in [0.5, 0.6) is 11.5 Å². The number of aliphatic imine (C=N–C) groups is 1. The fourth-order valence-electron chi connectivity index (χ4n) is 3.13. The van der Waals surface area contributed by atoms with Crippen LogP contribution in [0.3, 0.4) is 0 Å². The van der Waals surface area contributed by atoms with E-state index in [0.717, 1.165) is 42.4 Å². The van der Waals surface area contributed by atoms with Crippen LogP contribution < -0.4 is 20.1 Å². The summed E-state index contributed by atoms with van der Waals surface area (Å²) in [7, 11) is 1.65. The standard InChI is InChI=1S/C24H35N3O3/c1-4-25-24(27-17-15-21(28)20-11-7-6-8-12-20)26-16-9-10-19-13-14-22(29-3)23(18-19)30-5-2/h6-8,11-14,18,21,28H,4-5,9-10,15-17H2,1-3H3,(H2,25,26,27). The van der Waals surface area contributed by atoms with Gasteiger partial charge in [0.25, 0.3) is 0 Å². The van der Waals surface area contributed by atoms with Gasteiger partial charge in [0.2, 0.25) is 0 Å². The lowest BCUT2D eigenvalue weighted by molar-refractivity contribution is 0.168. The first-order valence-electron chi connectivity index (χ1n) is 10.7. The minimum absolute atomic E-state index is 0.476. The summed E-state index contributed by atoms with van der Waals surface area (Å²) in [5, 5.41) is 16.8. The summed E-state index contributed by atoms with van der Waals surface area (Å²) in [5.74, 6) is 2.32. The molecule has 3 N–H and O–H groups in total. The molecule has 0 spiro atoms. The Bertz CT molecular complexity index is 766. The number of rotatable bonds is 12. The number of ether oxygens (including phenoxy) is 2. The molecule has 0 bridgehead atoms. The summed E-state index contributed by atoms with van der Waals surface area (Å²) in [6, 6.07) is 15.8. The number of nitrogens with zero attached hydrogens (tertiary/aromatic N) is 1. The van der Waals surface area contributed by atoms with Gasteiger partial charge >= 0.3 is 0 Å². The Balaban J connectivity index is 1.79.